The maximum atomic E-state index is 11.8. The number of amides is 2. The number of hydrogen-bond donors (Lipinski definition) is 2. The van der Waals surface area contributed by atoms with Crippen LogP contribution in [0.3, 0.4) is 0 Å². The minimum Gasteiger partial charge on any atom is -0.350 e. The molecule has 0 aromatic heterocycles. The van der Waals surface area contributed by atoms with Gasteiger partial charge in [0.1, 0.15) is 0 Å². The Bertz CT molecular complexity index is 466. The number of carbonyl (C=O) groups excluding carboxylic acids is 2. The molecule has 2 amide bonds. The molecule has 1 aromatic carbocycles. The smallest absolute Gasteiger partial charge is 0.251 e. The van der Waals surface area contributed by atoms with E-state index in [4.69, 9.17) is 0 Å². The summed E-state index contributed by atoms with van der Waals surface area (Å²) in [5, 5.41) is 5.71. The van der Waals surface area contributed by atoms with E-state index in [0.29, 0.717) is 12.0 Å². The Kier molecular flexibility index (Phi) is 8.26. The molecule has 0 heterocycles. The fourth-order valence-corrected chi connectivity index (χ4v) is 2.16. The van der Waals surface area contributed by atoms with Gasteiger partial charge in [-0.1, -0.05) is 32.6 Å². The van der Waals surface area contributed by atoms with Crippen molar-refractivity contribution in [3.05, 3.63) is 29.8 Å². The zero-order chi connectivity index (χ0) is 16.4. The van der Waals surface area contributed by atoms with Crippen molar-refractivity contribution in [2.75, 3.05) is 5.32 Å². The highest BCUT2D eigenvalue weighted by Gasteiger charge is 2.07. The normalized spacial score (nSPS) is 10.5. The number of anilines is 1. The summed E-state index contributed by atoms with van der Waals surface area (Å²) in [5.74, 6) is -0.0559. The maximum absolute atomic E-state index is 11.8. The summed E-state index contributed by atoms with van der Waals surface area (Å²) in [5.41, 5.74) is 1.34. The third-order valence-corrected chi connectivity index (χ3v) is 3.36. The second-order valence-corrected chi connectivity index (χ2v) is 5.92. The average Bonchev–Trinajstić information content (AvgIpc) is 2.47. The lowest BCUT2D eigenvalue weighted by atomic mass is 10.1. The van der Waals surface area contributed by atoms with Crippen molar-refractivity contribution in [3.63, 3.8) is 0 Å². The number of hydrogen-bond acceptors (Lipinski definition) is 2. The first-order valence-corrected chi connectivity index (χ1v) is 8.23. The minimum absolute atomic E-state index is 0.0379. The Morgan fingerprint density at radius 1 is 1.00 bits per heavy atom. The van der Waals surface area contributed by atoms with E-state index < -0.39 is 0 Å². The number of carbonyl (C=O) groups is 2. The van der Waals surface area contributed by atoms with Crippen molar-refractivity contribution >= 4 is 17.5 Å². The molecule has 2 N–H and O–H groups in total. The van der Waals surface area contributed by atoms with E-state index in [9.17, 15) is 9.59 Å². The lowest BCUT2D eigenvalue weighted by molar-refractivity contribution is -0.116. The first-order valence-electron chi connectivity index (χ1n) is 8.23. The molecule has 0 saturated heterocycles. The highest BCUT2D eigenvalue weighted by molar-refractivity contribution is 5.95. The molecule has 0 radical (unpaired) electrons. The van der Waals surface area contributed by atoms with Gasteiger partial charge >= 0.3 is 0 Å². The van der Waals surface area contributed by atoms with Crippen LogP contribution in [0, 0.1) is 0 Å². The van der Waals surface area contributed by atoms with Crippen molar-refractivity contribution in [1.82, 2.24) is 5.32 Å². The fourth-order valence-electron chi connectivity index (χ4n) is 2.16. The van der Waals surface area contributed by atoms with Gasteiger partial charge in [0.25, 0.3) is 5.91 Å². The molecule has 1 rings (SSSR count). The second kappa shape index (κ2) is 9.98. The summed E-state index contributed by atoms with van der Waals surface area (Å²) in [6, 6.07) is 7.11. The molecule has 0 fully saturated rings. The standard InChI is InChI=1S/C18H28N2O2/c1-4-5-6-7-8-9-17(21)20-16-12-10-15(11-13-16)18(22)19-14(2)3/h10-14H,4-9H2,1-3H3,(H,19,22)(H,20,21). The van der Waals surface area contributed by atoms with Crippen molar-refractivity contribution in [2.24, 2.45) is 0 Å². The van der Waals surface area contributed by atoms with E-state index in [1.807, 2.05) is 13.8 Å². The Morgan fingerprint density at radius 3 is 2.23 bits per heavy atom. The molecule has 4 nitrogen and oxygen atoms in total. The summed E-state index contributed by atoms with van der Waals surface area (Å²) in [7, 11) is 0. The predicted octanol–water partition coefficient (Wildman–Crippen LogP) is 4.12. The zero-order valence-electron chi connectivity index (χ0n) is 13.9. The van der Waals surface area contributed by atoms with Crippen LogP contribution in [0.15, 0.2) is 24.3 Å². The van der Waals surface area contributed by atoms with Crippen molar-refractivity contribution < 1.29 is 9.59 Å². The summed E-state index contributed by atoms with van der Waals surface area (Å²) >= 11 is 0. The highest BCUT2D eigenvalue weighted by Crippen LogP contribution is 2.11. The second-order valence-electron chi connectivity index (χ2n) is 5.92. The first kappa shape index (κ1) is 18.2. The van der Waals surface area contributed by atoms with Crippen molar-refractivity contribution in [1.29, 1.82) is 0 Å². The summed E-state index contributed by atoms with van der Waals surface area (Å²) in [6.07, 6.45) is 6.24. The van der Waals surface area contributed by atoms with Gasteiger partial charge in [0.2, 0.25) is 5.91 Å². The van der Waals surface area contributed by atoms with Gasteiger partial charge in [0.15, 0.2) is 0 Å². The van der Waals surface area contributed by atoms with Gasteiger partial charge in [-0.2, -0.15) is 0 Å². The molecule has 122 valence electrons. The molecular formula is C18H28N2O2. The van der Waals surface area contributed by atoms with E-state index >= 15 is 0 Å². The topological polar surface area (TPSA) is 58.2 Å². The molecule has 0 aliphatic heterocycles. The lowest BCUT2D eigenvalue weighted by Crippen LogP contribution is -2.29. The quantitative estimate of drug-likeness (QED) is 0.674. The Morgan fingerprint density at radius 2 is 1.64 bits per heavy atom. The fraction of sp³-hybridized carbons (Fsp3) is 0.556. The van der Waals surface area contributed by atoms with Crippen LogP contribution in [0.1, 0.15) is 69.7 Å². The maximum Gasteiger partial charge on any atom is 0.251 e. The first-order chi connectivity index (χ1) is 10.5. The molecule has 0 atom stereocenters. The van der Waals surface area contributed by atoms with Crippen LogP contribution < -0.4 is 10.6 Å². The summed E-state index contributed by atoms with van der Waals surface area (Å²) < 4.78 is 0. The van der Waals surface area contributed by atoms with E-state index in [1.54, 1.807) is 24.3 Å². The van der Waals surface area contributed by atoms with Crippen LogP contribution in [0.5, 0.6) is 0 Å². The van der Waals surface area contributed by atoms with E-state index in [0.717, 1.165) is 18.5 Å². The van der Waals surface area contributed by atoms with Crippen LogP contribution in [-0.2, 0) is 4.79 Å². The third kappa shape index (κ3) is 7.25. The zero-order valence-corrected chi connectivity index (χ0v) is 13.9. The van der Waals surface area contributed by atoms with E-state index in [-0.39, 0.29) is 17.9 Å². The summed E-state index contributed by atoms with van der Waals surface area (Å²) in [6.45, 7) is 6.03. The molecule has 0 unspecified atom stereocenters. The number of rotatable bonds is 9. The van der Waals surface area contributed by atoms with Crippen molar-refractivity contribution in [3.8, 4) is 0 Å². The van der Waals surface area contributed by atoms with Gasteiger partial charge in [-0.3, -0.25) is 9.59 Å². The van der Waals surface area contributed by atoms with Gasteiger partial charge in [-0.05, 0) is 44.5 Å². The average molecular weight is 304 g/mol. The van der Waals surface area contributed by atoms with Gasteiger partial charge in [0.05, 0.1) is 0 Å². The SMILES string of the molecule is CCCCCCCC(=O)Nc1ccc(C(=O)NC(C)C)cc1. The Labute approximate surface area is 133 Å². The molecular weight excluding hydrogens is 276 g/mol. The molecule has 0 aliphatic carbocycles. The van der Waals surface area contributed by atoms with Gasteiger partial charge in [-0.15, -0.1) is 0 Å². The molecule has 0 saturated carbocycles. The van der Waals surface area contributed by atoms with Gasteiger partial charge < -0.3 is 10.6 Å². The van der Waals surface area contributed by atoms with Crippen LogP contribution in [0.2, 0.25) is 0 Å². The molecule has 0 spiro atoms. The number of benzene rings is 1. The van der Waals surface area contributed by atoms with Crippen LogP contribution >= 0.6 is 0 Å². The highest BCUT2D eigenvalue weighted by atomic mass is 16.2. The number of nitrogens with one attached hydrogen (secondary N) is 2. The third-order valence-electron chi connectivity index (χ3n) is 3.36. The minimum atomic E-state index is -0.0937. The monoisotopic (exact) mass is 304 g/mol. The molecule has 0 aliphatic rings. The number of unbranched alkanes of at least 4 members (excludes halogenated alkanes) is 4. The Hall–Kier alpha value is -1.84. The largest absolute Gasteiger partial charge is 0.350 e. The molecule has 1 aromatic rings. The van der Waals surface area contributed by atoms with Gasteiger partial charge in [0, 0.05) is 23.7 Å². The molecule has 0 bridgehead atoms. The Balaban J connectivity index is 2.37. The molecule has 4 heteroatoms. The van der Waals surface area contributed by atoms with Crippen LogP contribution in [-0.4, -0.2) is 17.9 Å². The van der Waals surface area contributed by atoms with Crippen LogP contribution in [0.25, 0.3) is 0 Å². The van der Waals surface area contributed by atoms with Gasteiger partial charge in [-0.25, -0.2) is 0 Å². The predicted molar refractivity (Wildman–Crippen MR) is 91.0 cm³/mol. The molecule has 22 heavy (non-hydrogen) atoms. The van der Waals surface area contributed by atoms with E-state index in [2.05, 4.69) is 17.6 Å². The van der Waals surface area contributed by atoms with Crippen LogP contribution in [0.4, 0.5) is 5.69 Å². The van der Waals surface area contributed by atoms with E-state index in [1.165, 1.54) is 19.3 Å². The van der Waals surface area contributed by atoms with Crippen molar-refractivity contribution in [2.45, 2.75) is 65.3 Å². The lowest BCUT2D eigenvalue weighted by Gasteiger charge is -2.09. The summed E-state index contributed by atoms with van der Waals surface area (Å²) in [4.78, 5) is 23.6.